The van der Waals surface area contributed by atoms with Gasteiger partial charge in [-0.15, -0.1) is 0 Å². The van der Waals surface area contributed by atoms with Gasteiger partial charge in [-0.2, -0.15) is 5.10 Å². The Morgan fingerprint density at radius 2 is 2.00 bits per heavy atom. The largest absolute Gasteiger partial charge is 0.292 e. The summed E-state index contributed by atoms with van der Waals surface area (Å²) in [6.45, 7) is 0. The van der Waals surface area contributed by atoms with E-state index in [1.165, 1.54) is 0 Å². The fourth-order valence-electron chi connectivity index (χ4n) is 2.35. The third-order valence-corrected chi connectivity index (χ3v) is 3.47. The van der Waals surface area contributed by atoms with Crippen LogP contribution in [0.15, 0.2) is 48.8 Å². The van der Waals surface area contributed by atoms with Crippen LogP contribution in [0, 0.1) is 0 Å². The van der Waals surface area contributed by atoms with Crippen molar-refractivity contribution in [3.05, 3.63) is 60.2 Å². The Kier molecular flexibility index (Phi) is 3.29. The Balaban J connectivity index is 1.84. The predicted molar refractivity (Wildman–Crippen MR) is 77.6 cm³/mol. The molecule has 3 aromatic rings. The van der Waals surface area contributed by atoms with Gasteiger partial charge in [-0.3, -0.25) is 14.5 Å². The van der Waals surface area contributed by atoms with Crippen molar-refractivity contribution < 1.29 is 4.79 Å². The van der Waals surface area contributed by atoms with E-state index in [0.29, 0.717) is 18.5 Å². The predicted octanol–water partition coefficient (Wildman–Crippen LogP) is 2.78. The number of pyridine rings is 1. The van der Waals surface area contributed by atoms with Gasteiger partial charge in [-0.25, -0.2) is 0 Å². The normalized spacial score (nSPS) is 10.8. The highest BCUT2D eigenvalue weighted by atomic mass is 16.1. The summed E-state index contributed by atoms with van der Waals surface area (Å²) in [4.78, 5) is 16.6. The summed E-state index contributed by atoms with van der Waals surface area (Å²) in [5, 5.41) is 6.08. The molecule has 0 fully saturated rings. The van der Waals surface area contributed by atoms with Crippen LogP contribution in [-0.2, 0) is 13.5 Å². The van der Waals surface area contributed by atoms with E-state index in [9.17, 15) is 4.79 Å². The van der Waals surface area contributed by atoms with E-state index in [1.54, 1.807) is 17.1 Å². The molecule has 0 aliphatic carbocycles. The number of aromatic nitrogens is 3. The molecule has 2 aromatic heterocycles. The zero-order valence-corrected chi connectivity index (χ0v) is 11.3. The second-order valence-electron chi connectivity index (χ2n) is 4.75. The maximum absolute atomic E-state index is 12.4. The minimum absolute atomic E-state index is 0.0722. The Morgan fingerprint density at radius 3 is 2.80 bits per heavy atom. The van der Waals surface area contributed by atoms with Crippen LogP contribution in [-0.4, -0.2) is 20.5 Å². The summed E-state index contributed by atoms with van der Waals surface area (Å²) in [5.74, 6) is 0.0722. The van der Waals surface area contributed by atoms with E-state index in [2.05, 4.69) is 10.1 Å². The molecule has 20 heavy (non-hydrogen) atoms. The molecule has 0 saturated carbocycles. The molecular formula is C16H15N3O. The van der Waals surface area contributed by atoms with Crippen molar-refractivity contribution >= 4 is 16.6 Å². The fourth-order valence-corrected chi connectivity index (χ4v) is 2.35. The highest BCUT2D eigenvalue weighted by Gasteiger charge is 2.12. The molecule has 0 aliphatic heterocycles. The smallest absolute Gasteiger partial charge is 0.182 e. The van der Waals surface area contributed by atoms with Crippen molar-refractivity contribution in [1.82, 2.24) is 14.8 Å². The van der Waals surface area contributed by atoms with Crippen LogP contribution < -0.4 is 0 Å². The third-order valence-electron chi connectivity index (χ3n) is 3.47. The van der Waals surface area contributed by atoms with Crippen molar-refractivity contribution in [2.75, 3.05) is 0 Å². The minimum atomic E-state index is 0.0722. The van der Waals surface area contributed by atoms with Gasteiger partial charge in [-0.05, 0) is 23.9 Å². The summed E-state index contributed by atoms with van der Waals surface area (Å²) in [7, 11) is 1.88. The molecule has 0 bridgehead atoms. The lowest BCUT2D eigenvalue weighted by Crippen LogP contribution is -2.07. The van der Waals surface area contributed by atoms with Gasteiger partial charge in [0.2, 0.25) is 0 Å². The minimum Gasteiger partial charge on any atom is -0.292 e. The third kappa shape index (κ3) is 2.32. The van der Waals surface area contributed by atoms with E-state index in [-0.39, 0.29) is 5.78 Å². The van der Waals surface area contributed by atoms with Gasteiger partial charge in [0.15, 0.2) is 5.78 Å². The first kappa shape index (κ1) is 12.5. The molecule has 0 amide bonds. The highest BCUT2D eigenvalue weighted by Crippen LogP contribution is 2.18. The highest BCUT2D eigenvalue weighted by molar-refractivity contribution is 6.06. The van der Waals surface area contributed by atoms with Gasteiger partial charge in [-0.1, -0.05) is 24.3 Å². The van der Waals surface area contributed by atoms with Gasteiger partial charge >= 0.3 is 0 Å². The average Bonchev–Trinajstić information content (AvgIpc) is 2.89. The maximum atomic E-state index is 12.4. The number of hydrogen-bond donors (Lipinski definition) is 0. The molecule has 0 aliphatic rings. The van der Waals surface area contributed by atoms with Crippen LogP contribution >= 0.6 is 0 Å². The number of Topliss-reactive ketones (excluding diaryl/α,β-unsaturated/α-hetero) is 1. The molecule has 0 N–H and O–H groups in total. The topological polar surface area (TPSA) is 47.8 Å². The number of nitrogens with zero attached hydrogens (tertiary/aromatic N) is 3. The average molecular weight is 265 g/mol. The standard InChI is InChI=1S/C16H15N3O/c1-19-13(9-11-18-19)6-7-15(20)16-14-5-3-2-4-12(14)8-10-17-16/h2-5,8-11H,6-7H2,1H3. The Hall–Kier alpha value is -2.49. The Morgan fingerprint density at radius 1 is 1.15 bits per heavy atom. The second-order valence-corrected chi connectivity index (χ2v) is 4.75. The van der Waals surface area contributed by atoms with E-state index < -0.39 is 0 Å². The quantitative estimate of drug-likeness (QED) is 0.681. The lowest BCUT2D eigenvalue weighted by atomic mass is 10.0. The lowest BCUT2D eigenvalue weighted by molar-refractivity contribution is 0.0979. The molecule has 4 nitrogen and oxygen atoms in total. The lowest BCUT2D eigenvalue weighted by Gasteiger charge is -2.05. The number of ketones is 1. The van der Waals surface area contributed by atoms with Gasteiger partial charge in [0.05, 0.1) is 0 Å². The first-order valence-corrected chi connectivity index (χ1v) is 6.59. The molecule has 0 saturated heterocycles. The van der Waals surface area contributed by atoms with E-state index in [0.717, 1.165) is 16.5 Å². The number of carbonyl (C=O) groups excluding carboxylic acids is 1. The molecule has 100 valence electrons. The summed E-state index contributed by atoms with van der Waals surface area (Å²) in [6.07, 6.45) is 4.57. The molecule has 0 unspecified atom stereocenters. The van der Waals surface area contributed by atoms with Gasteiger partial charge in [0, 0.05) is 36.9 Å². The van der Waals surface area contributed by atoms with Gasteiger partial charge < -0.3 is 0 Å². The molecule has 0 spiro atoms. The molecule has 0 radical (unpaired) electrons. The van der Waals surface area contributed by atoms with Crippen LogP contribution in [0.2, 0.25) is 0 Å². The maximum Gasteiger partial charge on any atom is 0.182 e. The first-order valence-electron chi connectivity index (χ1n) is 6.59. The van der Waals surface area contributed by atoms with Crippen molar-refractivity contribution in [3.8, 4) is 0 Å². The summed E-state index contributed by atoms with van der Waals surface area (Å²) >= 11 is 0. The number of carbonyl (C=O) groups is 1. The van der Waals surface area contributed by atoms with Crippen molar-refractivity contribution in [3.63, 3.8) is 0 Å². The Bertz CT molecular complexity index is 756. The summed E-state index contributed by atoms with van der Waals surface area (Å²) in [6, 6.07) is 11.7. The van der Waals surface area contributed by atoms with Crippen molar-refractivity contribution in [2.24, 2.45) is 7.05 Å². The van der Waals surface area contributed by atoms with Crippen LogP contribution in [0.4, 0.5) is 0 Å². The van der Waals surface area contributed by atoms with Crippen LogP contribution in [0.1, 0.15) is 22.6 Å². The first-order chi connectivity index (χ1) is 9.75. The van der Waals surface area contributed by atoms with E-state index in [1.807, 2.05) is 43.4 Å². The van der Waals surface area contributed by atoms with Crippen LogP contribution in [0.25, 0.3) is 10.8 Å². The Labute approximate surface area is 117 Å². The summed E-state index contributed by atoms with van der Waals surface area (Å²) < 4.78 is 1.80. The zero-order chi connectivity index (χ0) is 13.9. The number of rotatable bonds is 4. The summed E-state index contributed by atoms with van der Waals surface area (Å²) in [5.41, 5.74) is 1.61. The van der Waals surface area contributed by atoms with Gasteiger partial charge in [0.25, 0.3) is 0 Å². The van der Waals surface area contributed by atoms with Crippen LogP contribution in [0.3, 0.4) is 0 Å². The van der Waals surface area contributed by atoms with E-state index >= 15 is 0 Å². The van der Waals surface area contributed by atoms with Crippen molar-refractivity contribution in [1.29, 1.82) is 0 Å². The molecule has 1 aromatic carbocycles. The van der Waals surface area contributed by atoms with Crippen LogP contribution in [0.5, 0.6) is 0 Å². The number of benzene rings is 1. The monoisotopic (exact) mass is 265 g/mol. The second kappa shape index (κ2) is 5.25. The van der Waals surface area contributed by atoms with Crippen molar-refractivity contribution in [2.45, 2.75) is 12.8 Å². The number of aryl methyl sites for hydroxylation is 2. The fraction of sp³-hybridized carbons (Fsp3) is 0.188. The number of hydrogen-bond acceptors (Lipinski definition) is 3. The number of fused-ring (bicyclic) bond motifs is 1. The molecule has 0 atom stereocenters. The molecule has 2 heterocycles. The SMILES string of the molecule is Cn1nccc1CCC(=O)c1nccc2ccccc12. The molecule has 4 heteroatoms. The molecule has 3 rings (SSSR count). The van der Waals surface area contributed by atoms with E-state index in [4.69, 9.17) is 0 Å². The van der Waals surface area contributed by atoms with Gasteiger partial charge in [0.1, 0.15) is 5.69 Å². The zero-order valence-electron chi connectivity index (χ0n) is 11.3. The molecular weight excluding hydrogens is 250 g/mol.